The lowest BCUT2D eigenvalue weighted by Gasteiger charge is -2.34. The zero-order valence-corrected chi connectivity index (χ0v) is 18.4. The first-order chi connectivity index (χ1) is 13.9. The Labute approximate surface area is 179 Å². The Balaban J connectivity index is 1.48. The zero-order valence-electron chi connectivity index (χ0n) is 16.0. The zero-order chi connectivity index (χ0) is 20.6. The molecule has 1 aliphatic rings. The molecule has 1 saturated heterocycles. The number of hydrogen-bond donors (Lipinski definition) is 0. The van der Waals surface area contributed by atoms with Crippen LogP contribution in [0.25, 0.3) is 10.8 Å². The highest BCUT2D eigenvalue weighted by Crippen LogP contribution is 2.24. The average Bonchev–Trinajstić information content (AvgIpc) is 2.74. The predicted octanol–water partition coefficient (Wildman–Crippen LogP) is 4.06. The van der Waals surface area contributed by atoms with E-state index in [1.54, 1.807) is 23.1 Å². The number of carbonyl (C=O) groups excluding carboxylic acids is 1. The second kappa shape index (κ2) is 7.89. The van der Waals surface area contributed by atoms with Gasteiger partial charge in [-0.3, -0.25) is 4.79 Å². The fourth-order valence-corrected chi connectivity index (χ4v) is 5.32. The second-order valence-corrected chi connectivity index (χ2v) is 9.96. The number of piperazine rings is 1. The van der Waals surface area contributed by atoms with Crippen LogP contribution in [-0.2, 0) is 10.0 Å². The van der Waals surface area contributed by atoms with Crippen LogP contribution in [-0.4, -0.2) is 49.7 Å². The molecule has 150 valence electrons. The number of halogens is 1. The molecule has 29 heavy (non-hydrogen) atoms. The minimum absolute atomic E-state index is 0.0627. The van der Waals surface area contributed by atoms with Crippen LogP contribution in [0.1, 0.15) is 15.9 Å². The summed E-state index contributed by atoms with van der Waals surface area (Å²) in [6.07, 6.45) is 0. The molecule has 3 aromatic rings. The summed E-state index contributed by atoms with van der Waals surface area (Å²) < 4.78 is 28.2. The number of carbonyl (C=O) groups is 1. The second-order valence-electron chi connectivity index (χ2n) is 7.17. The van der Waals surface area contributed by atoms with Crippen LogP contribution in [0.5, 0.6) is 0 Å². The van der Waals surface area contributed by atoms with Crippen LogP contribution in [0.2, 0.25) is 0 Å². The molecule has 3 aromatic carbocycles. The molecule has 1 heterocycles. The van der Waals surface area contributed by atoms with E-state index in [9.17, 15) is 13.2 Å². The number of amides is 1. The molecular formula is C22H21BrN2O3S. The van der Waals surface area contributed by atoms with Crippen LogP contribution < -0.4 is 0 Å². The van der Waals surface area contributed by atoms with Gasteiger partial charge in [-0.25, -0.2) is 8.42 Å². The van der Waals surface area contributed by atoms with E-state index in [-0.39, 0.29) is 23.9 Å². The number of benzene rings is 3. The fraction of sp³-hybridized carbons (Fsp3) is 0.227. The Bertz CT molecular complexity index is 1190. The number of hydrogen-bond acceptors (Lipinski definition) is 3. The van der Waals surface area contributed by atoms with Crippen molar-refractivity contribution in [1.29, 1.82) is 0 Å². The quantitative estimate of drug-likeness (QED) is 0.577. The van der Waals surface area contributed by atoms with Crippen molar-refractivity contribution in [2.24, 2.45) is 0 Å². The average molecular weight is 473 g/mol. The lowest BCUT2D eigenvalue weighted by atomic mass is 10.1. The van der Waals surface area contributed by atoms with Crippen LogP contribution in [0.15, 0.2) is 70.0 Å². The monoisotopic (exact) mass is 472 g/mol. The molecule has 0 radical (unpaired) electrons. The molecule has 0 unspecified atom stereocenters. The number of nitrogens with zero attached hydrogens (tertiary/aromatic N) is 2. The molecular weight excluding hydrogens is 452 g/mol. The van der Waals surface area contributed by atoms with Gasteiger partial charge in [0.2, 0.25) is 10.0 Å². The summed E-state index contributed by atoms with van der Waals surface area (Å²) in [5, 5.41) is 2.11. The van der Waals surface area contributed by atoms with Gasteiger partial charge in [0, 0.05) is 36.2 Å². The molecule has 0 bridgehead atoms. The molecule has 0 aliphatic carbocycles. The Kier molecular flexibility index (Phi) is 5.46. The van der Waals surface area contributed by atoms with Gasteiger partial charge in [-0.15, -0.1) is 0 Å². The van der Waals surface area contributed by atoms with Crippen molar-refractivity contribution in [2.45, 2.75) is 11.8 Å². The van der Waals surface area contributed by atoms with Gasteiger partial charge in [0.1, 0.15) is 0 Å². The van der Waals surface area contributed by atoms with Gasteiger partial charge in [0.25, 0.3) is 5.91 Å². The summed E-state index contributed by atoms with van der Waals surface area (Å²) >= 11 is 3.40. The van der Waals surface area contributed by atoms with E-state index in [0.29, 0.717) is 18.7 Å². The van der Waals surface area contributed by atoms with E-state index in [1.807, 2.05) is 49.4 Å². The summed E-state index contributed by atoms with van der Waals surface area (Å²) in [6.45, 7) is 3.19. The van der Waals surface area contributed by atoms with Crippen LogP contribution in [0.4, 0.5) is 0 Å². The first kappa shape index (κ1) is 20.1. The van der Waals surface area contributed by atoms with Crippen LogP contribution in [0, 0.1) is 6.92 Å². The van der Waals surface area contributed by atoms with E-state index in [0.717, 1.165) is 20.8 Å². The number of fused-ring (bicyclic) bond motifs is 1. The van der Waals surface area contributed by atoms with Gasteiger partial charge in [-0.1, -0.05) is 46.3 Å². The van der Waals surface area contributed by atoms with Crippen LogP contribution in [0.3, 0.4) is 0 Å². The van der Waals surface area contributed by atoms with Crippen molar-refractivity contribution in [3.05, 3.63) is 76.3 Å². The van der Waals surface area contributed by atoms with Crippen molar-refractivity contribution in [3.63, 3.8) is 0 Å². The Morgan fingerprint density at radius 2 is 1.59 bits per heavy atom. The predicted molar refractivity (Wildman–Crippen MR) is 117 cm³/mol. The first-order valence-corrected chi connectivity index (χ1v) is 11.6. The molecule has 1 amide bonds. The maximum Gasteiger partial charge on any atom is 0.253 e. The Hall–Kier alpha value is -2.22. The van der Waals surface area contributed by atoms with Crippen LogP contribution >= 0.6 is 15.9 Å². The maximum atomic E-state index is 13.0. The van der Waals surface area contributed by atoms with Crippen molar-refractivity contribution in [3.8, 4) is 0 Å². The minimum atomic E-state index is -3.57. The van der Waals surface area contributed by atoms with Gasteiger partial charge < -0.3 is 4.90 Å². The molecule has 5 nitrogen and oxygen atoms in total. The molecule has 4 rings (SSSR count). The molecule has 1 aliphatic heterocycles. The topological polar surface area (TPSA) is 57.7 Å². The minimum Gasteiger partial charge on any atom is -0.336 e. The summed E-state index contributed by atoms with van der Waals surface area (Å²) in [5.41, 5.74) is 1.50. The van der Waals surface area contributed by atoms with Crippen molar-refractivity contribution in [2.75, 3.05) is 26.2 Å². The lowest BCUT2D eigenvalue weighted by Crippen LogP contribution is -2.50. The molecule has 0 aromatic heterocycles. The van der Waals surface area contributed by atoms with Gasteiger partial charge >= 0.3 is 0 Å². The Morgan fingerprint density at radius 3 is 2.28 bits per heavy atom. The van der Waals surface area contributed by atoms with E-state index in [1.165, 1.54) is 4.31 Å². The third-order valence-corrected chi connectivity index (χ3v) is 8.07. The van der Waals surface area contributed by atoms with E-state index in [4.69, 9.17) is 0 Å². The normalized spacial score (nSPS) is 15.6. The highest BCUT2D eigenvalue weighted by molar-refractivity contribution is 9.10. The Morgan fingerprint density at radius 1 is 0.897 bits per heavy atom. The highest BCUT2D eigenvalue weighted by atomic mass is 79.9. The summed E-state index contributed by atoms with van der Waals surface area (Å²) in [4.78, 5) is 14.9. The lowest BCUT2D eigenvalue weighted by molar-refractivity contribution is 0.0698. The van der Waals surface area contributed by atoms with Crippen molar-refractivity contribution >= 4 is 42.6 Å². The number of rotatable bonds is 3. The maximum absolute atomic E-state index is 13.0. The van der Waals surface area contributed by atoms with E-state index < -0.39 is 10.0 Å². The standard InChI is InChI=1S/C22H21BrN2O3S/c1-16-14-20(8-9-21(16)23)29(27,28)25-12-10-24(11-13-25)22(26)19-7-6-17-4-2-3-5-18(17)15-19/h2-9,14-15H,10-13H2,1H3. The van der Waals surface area contributed by atoms with Gasteiger partial charge in [-0.05, 0) is 53.6 Å². The summed E-state index contributed by atoms with van der Waals surface area (Å²) in [5.74, 6) is -0.0627. The largest absolute Gasteiger partial charge is 0.336 e. The third kappa shape index (κ3) is 3.95. The third-order valence-electron chi connectivity index (χ3n) is 5.29. The number of sulfonamides is 1. The summed E-state index contributed by atoms with van der Waals surface area (Å²) in [6, 6.07) is 18.6. The molecule has 0 atom stereocenters. The van der Waals surface area contributed by atoms with Gasteiger partial charge in [-0.2, -0.15) is 4.31 Å². The SMILES string of the molecule is Cc1cc(S(=O)(=O)N2CCN(C(=O)c3ccc4ccccc4c3)CC2)ccc1Br. The summed E-state index contributed by atoms with van der Waals surface area (Å²) in [7, 11) is -3.57. The van der Waals surface area contributed by atoms with Crippen molar-refractivity contribution < 1.29 is 13.2 Å². The smallest absolute Gasteiger partial charge is 0.253 e. The molecule has 0 spiro atoms. The fourth-order valence-electron chi connectivity index (χ4n) is 3.56. The molecule has 7 heteroatoms. The van der Waals surface area contributed by atoms with Gasteiger partial charge in [0.15, 0.2) is 0 Å². The molecule has 1 fully saturated rings. The highest BCUT2D eigenvalue weighted by Gasteiger charge is 2.30. The first-order valence-electron chi connectivity index (χ1n) is 9.41. The number of aryl methyl sites for hydroxylation is 1. The van der Waals surface area contributed by atoms with Crippen molar-refractivity contribution in [1.82, 2.24) is 9.21 Å². The molecule has 0 saturated carbocycles. The van der Waals surface area contributed by atoms with Gasteiger partial charge in [0.05, 0.1) is 4.90 Å². The van der Waals surface area contributed by atoms with E-state index >= 15 is 0 Å². The van der Waals surface area contributed by atoms with E-state index in [2.05, 4.69) is 15.9 Å². The molecule has 0 N–H and O–H groups in total.